The molecule has 1 aliphatic rings. The molecule has 1 unspecified atom stereocenters. The highest BCUT2D eigenvalue weighted by Gasteiger charge is 2.42. The number of benzene rings is 2. The van der Waals surface area contributed by atoms with Crippen LogP contribution in [-0.2, 0) is 10.3 Å². The van der Waals surface area contributed by atoms with Crippen LogP contribution < -0.4 is 4.90 Å². The number of rotatable bonds is 2. The third kappa shape index (κ3) is 1.78. The van der Waals surface area contributed by atoms with E-state index in [0.29, 0.717) is 5.56 Å². The Kier molecular flexibility index (Phi) is 2.78. The monoisotopic (exact) mass is 267 g/mol. The quantitative estimate of drug-likeness (QED) is 0.783. The molecule has 0 fully saturated rings. The lowest BCUT2D eigenvalue weighted by Gasteiger charge is -2.25. The van der Waals surface area contributed by atoms with Crippen molar-refractivity contribution >= 4 is 11.7 Å². The first-order valence-corrected chi connectivity index (χ1v) is 6.63. The van der Waals surface area contributed by atoms with Gasteiger partial charge in [-0.1, -0.05) is 30.3 Å². The van der Waals surface area contributed by atoms with Crippen molar-refractivity contribution in [2.75, 3.05) is 19.0 Å². The van der Waals surface area contributed by atoms with Crippen LogP contribution in [0.1, 0.15) is 28.4 Å². The molecule has 102 valence electrons. The molecular formula is C17H17NO2. The van der Waals surface area contributed by atoms with Crippen molar-refractivity contribution in [1.82, 2.24) is 0 Å². The number of carbonyl (C=O) groups excluding carboxylic acids is 1. The van der Waals surface area contributed by atoms with Crippen molar-refractivity contribution in [3.63, 3.8) is 0 Å². The maximum atomic E-state index is 12.0. The second kappa shape index (κ2) is 4.37. The number of fused-ring (bicyclic) bond motifs is 1. The summed E-state index contributed by atoms with van der Waals surface area (Å²) in [7, 11) is 4.00. The van der Waals surface area contributed by atoms with E-state index in [4.69, 9.17) is 4.74 Å². The second-order valence-corrected chi connectivity index (χ2v) is 5.41. The number of cyclic esters (lactones) is 1. The van der Waals surface area contributed by atoms with Crippen molar-refractivity contribution < 1.29 is 9.53 Å². The Hall–Kier alpha value is -2.29. The normalized spacial score (nSPS) is 20.4. The molecule has 0 saturated heterocycles. The molecule has 3 heteroatoms. The summed E-state index contributed by atoms with van der Waals surface area (Å²) in [5, 5.41) is 0. The fourth-order valence-corrected chi connectivity index (χ4v) is 2.66. The SMILES string of the molecule is CN(C)c1ccc(C2(C)OC(=O)c3ccccc32)cc1. The van der Waals surface area contributed by atoms with Crippen molar-refractivity contribution in [3.8, 4) is 0 Å². The lowest BCUT2D eigenvalue weighted by molar-refractivity contribution is 0.0180. The molecule has 0 radical (unpaired) electrons. The third-order valence-corrected chi connectivity index (χ3v) is 3.89. The zero-order chi connectivity index (χ0) is 14.3. The summed E-state index contributed by atoms with van der Waals surface area (Å²) in [6, 6.07) is 15.7. The Morgan fingerprint density at radius 2 is 1.65 bits per heavy atom. The van der Waals surface area contributed by atoms with Gasteiger partial charge < -0.3 is 9.64 Å². The van der Waals surface area contributed by atoms with Gasteiger partial charge in [-0.25, -0.2) is 4.79 Å². The van der Waals surface area contributed by atoms with E-state index in [2.05, 4.69) is 0 Å². The van der Waals surface area contributed by atoms with E-state index in [1.807, 2.05) is 74.4 Å². The van der Waals surface area contributed by atoms with Gasteiger partial charge in [0, 0.05) is 25.3 Å². The first-order chi connectivity index (χ1) is 9.52. The molecule has 0 aliphatic carbocycles. The van der Waals surface area contributed by atoms with E-state index in [-0.39, 0.29) is 5.97 Å². The summed E-state index contributed by atoms with van der Waals surface area (Å²) in [4.78, 5) is 14.0. The second-order valence-electron chi connectivity index (χ2n) is 5.41. The summed E-state index contributed by atoms with van der Waals surface area (Å²) in [5.74, 6) is -0.250. The summed E-state index contributed by atoms with van der Waals surface area (Å²) in [5.41, 5.74) is 3.00. The molecule has 0 amide bonds. The highest BCUT2D eigenvalue weighted by atomic mass is 16.6. The van der Waals surface area contributed by atoms with Crippen LogP contribution in [0.5, 0.6) is 0 Å². The third-order valence-electron chi connectivity index (χ3n) is 3.89. The first kappa shape index (κ1) is 12.7. The number of ether oxygens (including phenoxy) is 1. The molecule has 2 aromatic carbocycles. The summed E-state index contributed by atoms with van der Waals surface area (Å²) >= 11 is 0. The lowest BCUT2D eigenvalue weighted by atomic mass is 9.87. The standard InChI is InChI=1S/C17H17NO2/c1-17(12-8-10-13(11-9-12)18(2)3)15-7-5-4-6-14(15)16(19)20-17/h4-11H,1-3H3. The molecule has 0 saturated carbocycles. The molecule has 0 spiro atoms. The van der Waals surface area contributed by atoms with E-state index in [9.17, 15) is 4.79 Å². The van der Waals surface area contributed by atoms with Crippen molar-refractivity contribution in [2.24, 2.45) is 0 Å². The Labute approximate surface area is 118 Å². The van der Waals surface area contributed by atoms with E-state index < -0.39 is 5.60 Å². The van der Waals surface area contributed by atoms with Crippen molar-refractivity contribution in [2.45, 2.75) is 12.5 Å². The predicted octanol–water partition coefficient (Wildman–Crippen LogP) is 3.19. The number of hydrogen-bond donors (Lipinski definition) is 0. The molecule has 1 aliphatic heterocycles. The molecular weight excluding hydrogens is 250 g/mol. The minimum absolute atomic E-state index is 0.250. The molecule has 2 aromatic rings. The lowest BCUT2D eigenvalue weighted by Crippen LogP contribution is -2.23. The Morgan fingerprint density at radius 3 is 2.30 bits per heavy atom. The van der Waals surface area contributed by atoms with Gasteiger partial charge in [0.1, 0.15) is 0 Å². The van der Waals surface area contributed by atoms with Crippen LogP contribution in [0, 0.1) is 0 Å². The van der Waals surface area contributed by atoms with Gasteiger partial charge in [-0.2, -0.15) is 0 Å². The number of nitrogens with zero attached hydrogens (tertiary/aromatic N) is 1. The van der Waals surface area contributed by atoms with E-state index in [1.54, 1.807) is 0 Å². The fraction of sp³-hybridized carbons (Fsp3) is 0.235. The van der Waals surface area contributed by atoms with Crippen LogP contribution in [0.25, 0.3) is 0 Å². The minimum atomic E-state index is -0.696. The van der Waals surface area contributed by atoms with Gasteiger partial charge in [0.25, 0.3) is 0 Å². The van der Waals surface area contributed by atoms with Gasteiger partial charge in [0.2, 0.25) is 0 Å². The van der Waals surface area contributed by atoms with Crippen LogP contribution in [0.15, 0.2) is 48.5 Å². The maximum absolute atomic E-state index is 12.0. The average Bonchev–Trinajstić information content (AvgIpc) is 2.72. The van der Waals surface area contributed by atoms with Gasteiger partial charge in [0.15, 0.2) is 5.60 Å². The van der Waals surface area contributed by atoms with Crippen LogP contribution in [0.2, 0.25) is 0 Å². The van der Waals surface area contributed by atoms with E-state index in [1.165, 1.54) is 0 Å². The van der Waals surface area contributed by atoms with Crippen molar-refractivity contribution in [1.29, 1.82) is 0 Å². The van der Waals surface area contributed by atoms with Crippen molar-refractivity contribution in [3.05, 3.63) is 65.2 Å². The molecule has 3 nitrogen and oxygen atoms in total. The average molecular weight is 267 g/mol. The maximum Gasteiger partial charge on any atom is 0.339 e. The number of esters is 1. The van der Waals surface area contributed by atoms with E-state index in [0.717, 1.165) is 16.8 Å². The Morgan fingerprint density at radius 1 is 1.00 bits per heavy atom. The highest BCUT2D eigenvalue weighted by Crippen LogP contribution is 2.41. The molecule has 20 heavy (non-hydrogen) atoms. The van der Waals surface area contributed by atoms with Gasteiger partial charge in [-0.3, -0.25) is 0 Å². The Bertz CT molecular complexity index is 661. The Balaban J connectivity index is 2.08. The molecule has 0 aromatic heterocycles. The van der Waals surface area contributed by atoms with Gasteiger partial charge in [-0.05, 0) is 30.7 Å². The molecule has 1 atom stereocenters. The van der Waals surface area contributed by atoms with Crippen LogP contribution in [-0.4, -0.2) is 20.1 Å². The summed E-state index contributed by atoms with van der Waals surface area (Å²) in [6.45, 7) is 1.95. The van der Waals surface area contributed by atoms with Crippen LogP contribution >= 0.6 is 0 Å². The zero-order valence-electron chi connectivity index (χ0n) is 11.9. The largest absolute Gasteiger partial charge is 0.446 e. The number of carbonyl (C=O) groups is 1. The van der Waals surface area contributed by atoms with Gasteiger partial charge >= 0.3 is 5.97 Å². The van der Waals surface area contributed by atoms with Gasteiger partial charge in [-0.15, -0.1) is 0 Å². The number of hydrogen-bond acceptors (Lipinski definition) is 3. The predicted molar refractivity (Wildman–Crippen MR) is 79.1 cm³/mol. The van der Waals surface area contributed by atoms with Gasteiger partial charge in [0.05, 0.1) is 5.56 Å². The van der Waals surface area contributed by atoms with Crippen LogP contribution in [0.4, 0.5) is 5.69 Å². The molecule has 3 rings (SSSR count). The summed E-state index contributed by atoms with van der Waals surface area (Å²) < 4.78 is 5.65. The fourth-order valence-electron chi connectivity index (χ4n) is 2.66. The smallest absolute Gasteiger partial charge is 0.339 e. The molecule has 1 heterocycles. The van der Waals surface area contributed by atoms with Crippen LogP contribution in [0.3, 0.4) is 0 Å². The highest BCUT2D eigenvalue weighted by molar-refractivity contribution is 5.95. The topological polar surface area (TPSA) is 29.5 Å². The molecule has 0 N–H and O–H groups in total. The summed E-state index contributed by atoms with van der Waals surface area (Å²) in [6.07, 6.45) is 0. The van der Waals surface area contributed by atoms with E-state index >= 15 is 0 Å². The number of anilines is 1. The molecule has 0 bridgehead atoms. The minimum Gasteiger partial charge on any atom is -0.446 e. The zero-order valence-corrected chi connectivity index (χ0v) is 11.9. The first-order valence-electron chi connectivity index (χ1n) is 6.63.